The Morgan fingerprint density at radius 1 is 1.50 bits per heavy atom. The van der Waals surface area contributed by atoms with Crippen molar-refractivity contribution in [1.29, 1.82) is 0 Å². The third kappa shape index (κ3) is 5.05. The second-order valence-corrected chi connectivity index (χ2v) is 5.77. The predicted molar refractivity (Wildman–Crippen MR) is 68.9 cm³/mol. The summed E-state index contributed by atoms with van der Waals surface area (Å²) in [5, 5.41) is 7.32. The van der Waals surface area contributed by atoms with Crippen LogP contribution in [0, 0.1) is 11.8 Å². The minimum Gasteiger partial charge on any atom is -0.362 e. The molecular weight excluding hydrogens is 212 g/mol. The van der Waals surface area contributed by atoms with Gasteiger partial charge in [0.2, 0.25) is 0 Å². The minimum absolute atomic E-state index is 0.650. The maximum Gasteiger partial charge on any atom is 0.166 e. The molecule has 0 radical (unpaired) electrons. The molecule has 2 nitrogen and oxygen atoms in total. The zero-order valence-corrected chi connectivity index (χ0v) is 10.6. The fraction of sp³-hybridized carbons (Fsp3) is 0.900. The summed E-state index contributed by atoms with van der Waals surface area (Å²) in [6, 6.07) is 0. The molecule has 14 heavy (non-hydrogen) atoms. The summed E-state index contributed by atoms with van der Waals surface area (Å²) >= 11 is 7.23. The van der Waals surface area contributed by atoms with Crippen molar-refractivity contribution in [3.8, 4) is 0 Å². The van der Waals surface area contributed by atoms with Crippen molar-refractivity contribution in [3.05, 3.63) is 0 Å². The van der Waals surface area contributed by atoms with Crippen molar-refractivity contribution in [3.63, 3.8) is 0 Å². The van der Waals surface area contributed by atoms with Gasteiger partial charge in [-0.3, -0.25) is 0 Å². The van der Waals surface area contributed by atoms with E-state index in [2.05, 4.69) is 24.5 Å². The van der Waals surface area contributed by atoms with E-state index in [0.717, 1.165) is 24.1 Å². The summed E-state index contributed by atoms with van der Waals surface area (Å²) in [6.07, 6.45) is 1.34. The van der Waals surface area contributed by atoms with Gasteiger partial charge in [-0.2, -0.15) is 11.8 Å². The lowest BCUT2D eigenvalue weighted by molar-refractivity contribution is 0.568. The van der Waals surface area contributed by atoms with Crippen LogP contribution in [0.3, 0.4) is 0 Å². The topological polar surface area (TPSA) is 24.1 Å². The van der Waals surface area contributed by atoms with E-state index in [-0.39, 0.29) is 0 Å². The van der Waals surface area contributed by atoms with Crippen molar-refractivity contribution in [2.24, 2.45) is 11.8 Å². The molecule has 0 aromatic carbocycles. The summed E-state index contributed by atoms with van der Waals surface area (Å²) in [7, 11) is 0. The van der Waals surface area contributed by atoms with Crippen LogP contribution in [0.25, 0.3) is 0 Å². The first-order valence-corrected chi connectivity index (χ1v) is 6.84. The van der Waals surface area contributed by atoms with Crippen molar-refractivity contribution < 1.29 is 0 Å². The predicted octanol–water partition coefficient (Wildman–Crippen LogP) is 1.86. The van der Waals surface area contributed by atoms with Crippen LogP contribution >= 0.6 is 24.0 Å². The highest BCUT2D eigenvalue weighted by Crippen LogP contribution is 2.22. The van der Waals surface area contributed by atoms with Gasteiger partial charge in [0.05, 0.1) is 0 Å². The molecule has 1 aliphatic heterocycles. The van der Waals surface area contributed by atoms with Gasteiger partial charge in [0.25, 0.3) is 0 Å². The Bertz CT molecular complexity index is 177. The molecule has 82 valence electrons. The summed E-state index contributed by atoms with van der Waals surface area (Å²) in [5.74, 6) is 4.08. The Labute approximate surface area is 96.6 Å². The van der Waals surface area contributed by atoms with Crippen LogP contribution in [-0.4, -0.2) is 29.7 Å². The molecule has 1 rings (SSSR count). The van der Waals surface area contributed by atoms with E-state index in [9.17, 15) is 0 Å². The Morgan fingerprint density at radius 2 is 2.29 bits per heavy atom. The maximum absolute atomic E-state index is 5.18. The average Bonchev–Trinajstić information content (AvgIpc) is 2.63. The minimum atomic E-state index is 0.650. The zero-order valence-electron chi connectivity index (χ0n) is 9.01. The first kappa shape index (κ1) is 12.1. The smallest absolute Gasteiger partial charge is 0.166 e. The molecule has 0 saturated carbocycles. The molecule has 1 saturated heterocycles. The van der Waals surface area contributed by atoms with Crippen LogP contribution < -0.4 is 10.6 Å². The number of hydrogen-bond acceptors (Lipinski definition) is 2. The van der Waals surface area contributed by atoms with E-state index < -0.39 is 0 Å². The fourth-order valence-corrected chi connectivity index (χ4v) is 2.79. The third-order valence-electron chi connectivity index (χ3n) is 2.25. The van der Waals surface area contributed by atoms with E-state index in [0.29, 0.717) is 5.92 Å². The first-order valence-electron chi connectivity index (χ1n) is 5.28. The Morgan fingerprint density at radius 3 is 2.86 bits per heavy atom. The Balaban J connectivity index is 2.02. The molecule has 1 atom stereocenters. The van der Waals surface area contributed by atoms with E-state index >= 15 is 0 Å². The molecule has 1 heterocycles. The summed E-state index contributed by atoms with van der Waals surface area (Å²) in [4.78, 5) is 0. The van der Waals surface area contributed by atoms with Gasteiger partial charge in [0.1, 0.15) is 0 Å². The van der Waals surface area contributed by atoms with Gasteiger partial charge >= 0.3 is 0 Å². The third-order valence-corrected chi connectivity index (χ3v) is 3.77. The normalized spacial score (nSPS) is 21.2. The zero-order chi connectivity index (χ0) is 10.4. The Kier molecular flexibility index (Phi) is 5.63. The van der Waals surface area contributed by atoms with Gasteiger partial charge in [-0.25, -0.2) is 0 Å². The fourth-order valence-electron chi connectivity index (χ4n) is 1.34. The highest BCUT2D eigenvalue weighted by molar-refractivity contribution is 7.99. The number of thiocarbonyl (C=S) groups is 1. The molecule has 4 heteroatoms. The lowest BCUT2D eigenvalue weighted by Gasteiger charge is -2.14. The largest absolute Gasteiger partial charge is 0.362 e. The summed E-state index contributed by atoms with van der Waals surface area (Å²) < 4.78 is 0. The van der Waals surface area contributed by atoms with Gasteiger partial charge in [0, 0.05) is 13.1 Å². The molecule has 0 aromatic rings. The summed E-state index contributed by atoms with van der Waals surface area (Å²) in [5.41, 5.74) is 0. The molecule has 0 bridgehead atoms. The summed E-state index contributed by atoms with van der Waals surface area (Å²) in [6.45, 7) is 6.37. The SMILES string of the molecule is CC(C)CNC(=S)NCC1CCSC1. The van der Waals surface area contributed by atoms with Crippen LogP contribution in [0.1, 0.15) is 20.3 Å². The van der Waals surface area contributed by atoms with Crippen molar-refractivity contribution >= 4 is 29.1 Å². The van der Waals surface area contributed by atoms with Gasteiger partial charge in [0.15, 0.2) is 5.11 Å². The van der Waals surface area contributed by atoms with Crippen molar-refractivity contribution in [2.45, 2.75) is 20.3 Å². The quantitative estimate of drug-likeness (QED) is 0.723. The van der Waals surface area contributed by atoms with Crippen LogP contribution in [-0.2, 0) is 0 Å². The van der Waals surface area contributed by atoms with Crippen LogP contribution in [0.15, 0.2) is 0 Å². The number of hydrogen-bond donors (Lipinski definition) is 2. The molecule has 2 N–H and O–H groups in total. The van der Waals surface area contributed by atoms with Crippen molar-refractivity contribution in [1.82, 2.24) is 10.6 Å². The average molecular weight is 232 g/mol. The monoisotopic (exact) mass is 232 g/mol. The lowest BCUT2D eigenvalue weighted by Crippen LogP contribution is -2.39. The molecule has 1 aliphatic rings. The first-order chi connectivity index (χ1) is 6.68. The van der Waals surface area contributed by atoms with E-state index in [4.69, 9.17) is 12.2 Å². The lowest BCUT2D eigenvalue weighted by atomic mass is 10.1. The van der Waals surface area contributed by atoms with Gasteiger partial charge in [-0.15, -0.1) is 0 Å². The van der Waals surface area contributed by atoms with Crippen molar-refractivity contribution in [2.75, 3.05) is 24.6 Å². The molecular formula is C10H20N2S2. The maximum atomic E-state index is 5.18. The molecule has 1 fully saturated rings. The van der Waals surface area contributed by atoms with Gasteiger partial charge < -0.3 is 10.6 Å². The molecule has 0 aliphatic carbocycles. The van der Waals surface area contributed by atoms with E-state index in [1.807, 2.05) is 11.8 Å². The highest BCUT2D eigenvalue weighted by atomic mass is 32.2. The number of rotatable bonds is 4. The number of thioether (sulfide) groups is 1. The van der Waals surface area contributed by atoms with E-state index in [1.165, 1.54) is 17.9 Å². The Hall–Kier alpha value is 0.0400. The van der Waals surface area contributed by atoms with Gasteiger partial charge in [-0.05, 0) is 42.0 Å². The van der Waals surface area contributed by atoms with Crippen LogP contribution in [0.2, 0.25) is 0 Å². The van der Waals surface area contributed by atoms with Gasteiger partial charge in [-0.1, -0.05) is 13.8 Å². The molecule has 1 unspecified atom stereocenters. The molecule has 0 spiro atoms. The van der Waals surface area contributed by atoms with Crippen LogP contribution in [0.4, 0.5) is 0 Å². The standard InChI is InChI=1S/C10H20N2S2/c1-8(2)5-11-10(13)12-6-9-3-4-14-7-9/h8-9H,3-7H2,1-2H3,(H2,11,12,13). The number of nitrogens with one attached hydrogen (secondary N) is 2. The molecule has 0 aromatic heterocycles. The van der Waals surface area contributed by atoms with Crippen LogP contribution in [0.5, 0.6) is 0 Å². The van der Waals surface area contributed by atoms with E-state index in [1.54, 1.807) is 0 Å². The second kappa shape index (κ2) is 6.51. The highest BCUT2D eigenvalue weighted by Gasteiger charge is 2.15. The second-order valence-electron chi connectivity index (χ2n) is 4.21. The molecule has 0 amide bonds.